The molecule has 1 fully saturated rings. The molecule has 0 spiro atoms. The summed E-state index contributed by atoms with van der Waals surface area (Å²) in [5.74, 6) is -1.59. The van der Waals surface area contributed by atoms with Gasteiger partial charge in [-0.2, -0.15) is 0 Å². The fourth-order valence-corrected chi connectivity index (χ4v) is 3.17. The maximum absolute atomic E-state index is 11.2. The average Bonchev–Trinajstić information content (AvgIpc) is 2.49. The van der Waals surface area contributed by atoms with E-state index in [2.05, 4.69) is 0 Å². The molecule has 6 nitrogen and oxygen atoms in total. The Morgan fingerprint density at radius 3 is 2.47 bits per heavy atom. The number of hydrogen-bond donors (Lipinski definition) is 1. The maximum Gasteiger partial charge on any atom is 0.303 e. The van der Waals surface area contributed by atoms with Gasteiger partial charge in [-0.15, -0.1) is 11.8 Å². The van der Waals surface area contributed by atoms with E-state index in [-0.39, 0.29) is 6.61 Å². The van der Waals surface area contributed by atoms with Gasteiger partial charge in [0.1, 0.15) is 18.8 Å². The highest BCUT2D eigenvalue weighted by Crippen LogP contribution is 2.39. The monoisotopic (exact) mass is 292 g/mol. The molecule has 110 valence electrons. The topological polar surface area (TPSA) is 82.1 Å². The van der Waals surface area contributed by atoms with Gasteiger partial charge in [-0.1, -0.05) is 6.92 Å². The standard InChI is InChI=1S/C12H20O6S/c1-5-19-11-10(17-8(3)14)9(6-16-7(2)13)18-12(11,4)15/h9-11,15H,5-6H2,1-4H3/t9-,10-,11+,12-/m1/s1. The lowest BCUT2D eigenvalue weighted by molar-refractivity contribution is -0.190. The molecule has 0 saturated carbocycles. The van der Waals surface area contributed by atoms with Gasteiger partial charge in [0, 0.05) is 13.8 Å². The quantitative estimate of drug-likeness (QED) is 0.747. The molecule has 1 rings (SSSR count). The third kappa shape index (κ3) is 4.36. The highest BCUT2D eigenvalue weighted by atomic mass is 32.2. The molecule has 7 heteroatoms. The van der Waals surface area contributed by atoms with Crippen molar-refractivity contribution in [3.05, 3.63) is 0 Å². The summed E-state index contributed by atoms with van der Waals surface area (Å²) in [6.45, 7) is 5.98. The van der Waals surface area contributed by atoms with Crippen LogP contribution < -0.4 is 0 Å². The van der Waals surface area contributed by atoms with Crippen LogP contribution in [0, 0.1) is 0 Å². The van der Waals surface area contributed by atoms with Crippen LogP contribution in [0.15, 0.2) is 0 Å². The van der Waals surface area contributed by atoms with Crippen molar-refractivity contribution >= 4 is 23.7 Å². The van der Waals surface area contributed by atoms with Crippen molar-refractivity contribution in [3.8, 4) is 0 Å². The predicted octanol–water partition coefficient (Wildman–Crippen LogP) is 0.710. The van der Waals surface area contributed by atoms with Gasteiger partial charge in [-0.3, -0.25) is 9.59 Å². The first-order valence-electron chi connectivity index (χ1n) is 6.10. The van der Waals surface area contributed by atoms with Crippen molar-refractivity contribution in [2.24, 2.45) is 0 Å². The first-order chi connectivity index (χ1) is 8.77. The molecule has 0 aromatic rings. The summed E-state index contributed by atoms with van der Waals surface area (Å²) in [6, 6.07) is 0. The van der Waals surface area contributed by atoms with Crippen LogP contribution in [0.5, 0.6) is 0 Å². The number of esters is 2. The first kappa shape index (κ1) is 16.3. The molecule has 1 aliphatic rings. The van der Waals surface area contributed by atoms with Gasteiger partial charge >= 0.3 is 11.9 Å². The van der Waals surface area contributed by atoms with Gasteiger partial charge in [-0.25, -0.2) is 0 Å². The number of thioether (sulfide) groups is 1. The van der Waals surface area contributed by atoms with Gasteiger partial charge in [0.25, 0.3) is 0 Å². The van der Waals surface area contributed by atoms with Crippen LogP contribution in [-0.4, -0.2) is 52.6 Å². The fourth-order valence-electron chi connectivity index (χ4n) is 2.03. The normalized spacial score (nSPS) is 34.1. The Hall–Kier alpha value is -0.790. The van der Waals surface area contributed by atoms with E-state index >= 15 is 0 Å². The van der Waals surface area contributed by atoms with Crippen molar-refractivity contribution in [1.29, 1.82) is 0 Å². The second-order valence-electron chi connectivity index (χ2n) is 4.46. The van der Waals surface area contributed by atoms with Crippen LogP contribution in [0.2, 0.25) is 0 Å². The molecule has 1 saturated heterocycles. The van der Waals surface area contributed by atoms with E-state index in [1.807, 2.05) is 6.92 Å². The molecule has 1 N–H and O–H groups in total. The number of carbonyl (C=O) groups excluding carboxylic acids is 2. The number of hydrogen-bond acceptors (Lipinski definition) is 7. The van der Waals surface area contributed by atoms with E-state index in [0.717, 1.165) is 5.75 Å². The summed E-state index contributed by atoms with van der Waals surface area (Å²) in [5, 5.41) is 9.81. The summed E-state index contributed by atoms with van der Waals surface area (Å²) >= 11 is 1.44. The molecule has 1 aliphatic heterocycles. The Kier molecular flexibility index (Phi) is 5.64. The molecule has 0 aromatic carbocycles. The van der Waals surface area contributed by atoms with Crippen molar-refractivity contribution in [3.63, 3.8) is 0 Å². The minimum absolute atomic E-state index is 0.0514. The summed E-state index contributed by atoms with van der Waals surface area (Å²) in [7, 11) is 0. The van der Waals surface area contributed by atoms with E-state index in [4.69, 9.17) is 14.2 Å². The van der Waals surface area contributed by atoms with Crippen LogP contribution in [0.4, 0.5) is 0 Å². The van der Waals surface area contributed by atoms with E-state index < -0.39 is 35.2 Å². The largest absolute Gasteiger partial charge is 0.463 e. The molecule has 0 amide bonds. The van der Waals surface area contributed by atoms with Crippen LogP contribution in [-0.2, 0) is 23.8 Å². The van der Waals surface area contributed by atoms with Gasteiger partial charge in [0.15, 0.2) is 5.79 Å². The Labute approximate surface area is 116 Å². The molecule has 0 radical (unpaired) electrons. The summed E-state index contributed by atoms with van der Waals surface area (Å²) in [4.78, 5) is 22.0. The highest BCUT2D eigenvalue weighted by molar-refractivity contribution is 8.00. The third-order valence-electron chi connectivity index (χ3n) is 2.68. The van der Waals surface area contributed by atoms with Crippen molar-refractivity contribution in [2.75, 3.05) is 12.4 Å². The molecule has 1 heterocycles. The zero-order valence-electron chi connectivity index (χ0n) is 11.5. The third-order valence-corrected chi connectivity index (χ3v) is 4.08. The first-order valence-corrected chi connectivity index (χ1v) is 7.15. The van der Waals surface area contributed by atoms with Gasteiger partial charge in [0.2, 0.25) is 0 Å². The number of rotatable bonds is 5. The molecular weight excluding hydrogens is 272 g/mol. The van der Waals surface area contributed by atoms with E-state index in [9.17, 15) is 14.7 Å². The SMILES string of the molecule is CCS[C@H]1[C@H](OC(C)=O)[C@@H](COC(C)=O)O[C@@]1(C)O. The summed E-state index contributed by atoms with van der Waals surface area (Å²) in [5.41, 5.74) is 0. The lowest BCUT2D eigenvalue weighted by atomic mass is 10.1. The van der Waals surface area contributed by atoms with Gasteiger partial charge in [0.05, 0.1) is 5.25 Å². The second-order valence-corrected chi connectivity index (χ2v) is 5.88. The van der Waals surface area contributed by atoms with Crippen molar-refractivity contribution in [2.45, 2.75) is 50.9 Å². The zero-order valence-corrected chi connectivity index (χ0v) is 12.4. The molecule has 4 atom stereocenters. The van der Waals surface area contributed by atoms with E-state index in [0.29, 0.717) is 0 Å². The zero-order chi connectivity index (χ0) is 14.6. The molecule has 0 aliphatic carbocycles. The number of aliphatic hydroxyl groups is 1. The Balaban J connectivity index is 2.83. The molecule has 19 heavy (non-hydrogen) atoms. The van der Waals surface area contributed by atoms with Crippen LogP contribution in [0.1, 0.15) is 27.7 Å². The second kappa shape index (κ2) is 6.58. The molecule has 0 unspecified atom stereocenters. The fraction of sp³-hybridized carbons (Fsp3) is 0.833. The Morgan fingerprint density at radius 2 is 2.00 bits per heavy atom. The van der Waals surface area contributed by atoms with Crippen LogP contribution in [0.25, 0.3) is 0 Å². The van der Waals surface area contributed by atoms with Crippen LogP contribution >= 0.6 is 11.8 Å². The molecule has 0 aromatic heterocycles. The van der Waals surface area contributed by atoms with Gasteiger partial charge < -0.3 is 19.3 Å². The lowest BCUT2D eigenvalue weighted by Crippen LogP contribution is -2.40. The van der Waals surface area contributed by atoms with Crippen molar-refractivity contribution < 1.29 is 28.9 Å². The predicted molar refractivity (Wildman–Crippen MR) is 69.6 cm³/mol. The smallest absolute Gasteiger partial charge is 0.303 e. The van der Waals surface area contributed by atoms with E-state index in [1.165, 1.54) is 32.5 Å². The van der Waals surface area contributed by atoms with Crippen molar-refractivity contribution in [1.82, 2.24) is 0 Å². The van der Waals surface area contributed by atoms with Crippen LogP contribution in [0.3, 0.4) is 0 Å². The average molecular weight is 292 g/mol. The minimum atomic E-state index is -1.42. The van der Waals surface area contributed by atoms with E-state index in [1.54, 1.807) is 0 Å². The highest BCUT2D eigenvalue weighted by Gasteiger charge is 2.53. The molecular formula is C12H20O6S. The maximum atomic E-state index is 11.2. The Morgan fingerprint density at radius 1 is 1.37 bits per heavy atom. The lowest BCUT2D eigenvalue weighted by Gasteiger charge is -2.25. The number of carbonyl (C=O) groups is 2. The van der Waals surface area contributed by atoms with Gasteiger partial charge in [-0.05, 0) is 12.7 Å². The Bertz CT molecular complexity index is 343. The minimum Gasteiger partial charge on any atom is -0.463 e. The number of ether oxygens (including phenoxy) is 3. The summed E-state index contributed by atoms with van der Waals surface area (Å²) in [6.07, 6.45) is -1.30. The summed E-state index contributed by atoms with van der Waals surface area (Å²) < 4.78 is 15.6. The molecule has 0 bridgehead atoms.